The minimum Gasteiger partial charge on any atom is -0.508 e. The average Bonchev–Trinajstić information content (AvgIpc) is 3.54. The molecule has 0 spiro atoms. The standard InChI is InChI=1S/C25H35N5O4/c1-15(2)19-13-20(22(32)14-21(19)31)23-27-28-24(25(33)26-16-3-4-16)30(23)18-7-5-17(6-8-18)29-9-11-34-12-10-29/h13-18,31-32H,3-12H2,1-2H3,(H,26,33). The number of hydrogen-bond donors (Lipinski definition) is 3. The van der Waals surface area contributed by atoms with E-state index < -0.39 is 0 Å². The number of phenolic OH excluding ortho intramolecular Hbond substituents is 2. The van der Waals surface area contributed by atoms with Crippen LogP contribution in [0.15, 0.2) is 12.1 Å². The molecule has 0 atom stereocenters. The highest BCUT2D eigenvalue weighted by molar-refractivity contribution is 5.92. The van der Waals surface area contributed by atoms with E-state index in [0.717, 1.165) is 70.4 Å². The van der Waals surface area contributed by atoms with Gasteiger partial charge in [0, 0.05) is 37.3 Å². The van der Waals surface area contributed by atoms with E-state index in [2.05, 4.69) is 20.4 Å². The number of nitrogens with zero attached hydrogens (tertiary/aromatic N) is 4. The van der Waals surface area contributed by atoms with Crippen LogP contribution in [-0.2, 0) is 4.74 Å². The van der Waals surface area contributed by atoms with E-state index in [-0.39, 0.29) is 35.4 Å². The average molecular weight is 470 g/mol. The van der Waals surface area contributed by atoms with Crippen LogP contribution in [0.4, 0.5) is 0 Å². The van der Waals surface area contributed by atoms with Gasteiger partial charge in [-0.2, -0.15) is 0 Å². The predicted molar refractivity (Wildman–Crippen MR) is 127 cm³/mol. The van der Waals surface area contributed by atoms with E-state index in [4.69, 9.17) is 4.74 Å². The Hall–Kier alpha value is -2.65. The number of aromatic hydroxyl groups is 2. The first-order chi connectivity index (χ1) is 16.4. The molecule has 1 aliphatic heterocycles. The van der Waals surface area contributed by atoms with Gasteiger partial charge in [0.05, 0.1) is 18.8 Å². The van der Waals surface area contributed by atoms with E-state index in [0.29, 0.717) is 23.3 Å². The Labute approximate surface area is 200 Å². The van der Waals surface area contributed by atoms with Gasteiger partial charge < -0.3 is 20.3 Å². The number of nitrogens with one attached hydrogen (secondary N) is 1. The van der Waals surface area contributed by atoms with Crippen molar-refractivity contribution in [1.82, 2.24) is 25.0 Å². The molecule has 0 unspecified atom stereocenters. The summed E-state index contributed by atoms with van der Waals surface area (Å²) >= 11 is 0. The molecular weight excluding hydrogens is 434 g/mol. The number of aromatic nitrogens is 3. The Balaban J connectivity index is 1.47. The molecule has 1 aromatic heterocycles. The number of hydrogen-bond acceptors (Lipinski definition) is 7. The van der Waals surface area contributed by atoms with Crippen molar-refractivity contribution in [2.75, 3.05) is 26.3 Å². The lowest BCUT2D eigenvalue weighted by Crippen LogP contribution is -2.45. The second kappa shape index (κ2) is 9.54. The van der Waals surface area contributed by atoms with E-state index >= 15 is 0 Å². The van der Waals surface area contributed by atoms with Crippen molar-refractivity contribution >= 4 is 5.91 Å². The molecule has 9 nitrogen and oxygen atoms in total. The van der Waals surface area contributed by atoms with Crippen LogP contribution in [0.5, 0.6) is 11.5 Å². The molecule has 2 heterocycles. The molecule has 2 aromatic rings. The summed E-state index contributed by atoms with van der Waals surface area (Å²) in [6.07, 6.45) is 5.87. The SMILES string of the molecule is CC(C)c1cc(-c2nnc(C(=O)NC3CC3)n2C2CCC(N3CCOCC3)CC2)c(O)cc1O. The highest BCUT2D eigenvalue weighted by Gasteiger charge is 2.34. The maximum atomic E-state index is 13.1. The van der Waals surface area contributed by atoms with Gasteiger partial charge in [0.15, 0.2) is 5.82 Å². The van der Waals surface area contributed by atoms with E-state index in [1.807, 2.05) is 18.4 Å². The summed E-state index contributed by atoms with van der Waals surface area (Å²) in [4.78, 5) is 15.6. The fraction of sp³-hybridized carbons (Fsp3) is 0.640. The Bertz CT molecular complexity index is 1030. The number of amides is 1. The summed E-state index contributed by atoms with van der Waals surface area (Å²) in [5, 5.41) is 32.8. The Morgan fingerprint density at radius 1 is 1.00 bits per heavy atom. The molecule has 0 radical (unpaired) electrons. The summed E-state index contributed by atoms with van der Waals surface area (Å²) in [5.41, 5.74) is 1.22. The third-order valence-electron chi connectivity index (χ3n) is 7.41. The van der Waals surface area contributed by atoms with Crippen molar-refractivity contribution in [3.63, 3.8) is 0 Å². The van der Waals surface area contributed by atoms with Crippen molar-refractivity contribution in [3.05, 3.63) is 23.5 Å². The number of ether oxygens (including phenoxy) is 1. The van der Waals surface area contributed by atoms with Gasteiger partial charge in [0.2, 0.25) is 5.82 Å². The van der Waals surface area contributed by atoms with Crippen LogP contribution in [0.3, 0.4) is 0 Å². The van der Waals surface area contributed by atoms with Crippen LogP contribution in [0, 0.1) is 0 Å². The van der Waals surface area contributed by atoms with Crippen molar-refractivity contribution in [1.29, 1.82) is 0 Å². The highest BCUT2D eigenvalue weighted by atomic mass is 16.5. The van der Waals surface area contributed by atoms with Gasteiger partial charge in [-0.3, -0.25) is 14.3 Å². The first-order valence-corrected chi connectivity index (χ1v) is 12.6. The van der Waals surface area contributed by atoms with Crippen molar-refractivity contribution in [3.8, 4) is 22.9 Å². The van der Waals surface area contributed by atoms with Gasteiger partial charge >= 0.3 is 0 Å². The van der Waals surface area contributed by atoms with Crippen LogP contribution in [-0.4, -0.2) is 74.2 Å². The molecule has 1 aromatic carbocycles. The van der Waals surface area contributed by atoms with Crippen LogP contribution < -0.4 is 5.32 Å². The zero-order valence-electron chi connectivity index (χ0n) is 20.0. The van der Waals surface area contributed by atoms with Crippen LogP contribution in [0.25, 0.3) is 11.4 Å². The largest absolute Gasteiger partial charge is 0.508 e. The number of phenols is 2. The Morgan fingerprint density at radius 2 is 1.68 bits per heavy atom. The molecule has 1 saturated heterocycles. The molecule has 3 aliphatic rings. The number of benzene rings is 1. The minimum absolute atomic E-state index is 0.0556. The maximum absolute atomic E-state index is 13.1. The molecule has 2 aliphatic carbocycles. The van der Waals surface area contributed by atoms with Crippen molar-refractivity contribution < 1.29 is 19.7 Å². The van der Waals surface area contributed by atoms with Crippen LogP contribution in [0.2, 0.25) is 0 Å². The molecule has 34 heavy (non-hydrogen) atoms. The first kappa shape index (κ1) is 23.1. The Morgan fingerprint density at radius 3 is 2.32 bits per heavy atom. The molecule has 0 bridgehead atoms. The third-order valence-corrected chi connectivity index (χ3v) is 7.41. The molecule has 2 saturated carbocycles. The summed E-state index contributed by atoms with van der Waals surface area (Å²) < 4.78 is 7.45. The molecular formula is C25H35N5O4. The molecule has 3 fully saturated rings. The van der Waals surface area contributed by atoms with E-state index in [1.54, 1.807) is 6.07 Å². The quantitative estimate of drug-likeness (QED) is 0.595. The minimum atomic E-state index is -0.209. The number of morpholine rings is 1. The fourth-order valence-electron chi connectivity index (χ4n) is 5.31. The third kappa shape index (κ3) is 4.63. The van der Waals surface area contributed by atoms with Crippen molar-refractivity contribution in [2.45, 2.75) is 76.4 Å². The van der Waals surface area contributed by atoms with Crippen molar-refractivity contribution in [2.24, 2.45) is 0 Å². The Kier molecular flexibility index (Phi) is 6.48. The maximum Gasteiger partial charge on any atom is 0.289 e. The summed E-state index contributed by atoms with van der Waals surface area (Å²) in [7, 11) is 0. The summed E-state index contributed by atoms with van der Waals surface area (Å²) in [6.45, 7) is 7.51. The van der Waals surface area contributed by atoms with E-state index in [1.165, 1.54) is 6.07 Å². The fourth-order valence-corrected chi connectivity index (χ4v) is 5.31. The predicted octanol–water partition coefficient (Wildman–Crippen LogP) is 3.19. The van der Waals surface area contributed by atoms with Gasteiger partial charge in [0.25, 0.3) is 5.91 Å². The van der Waals surface area contributed by atoms with Crippen LogP contribution >= 0.6 is 0 Å². The molecule has 184 valence electrons. The zero-order valence-corrected chi connectivity index (χ0v) is 20.0. The number of rotatable bonds is 6. The molecule has 9 heteroatoms. The molecule has 3 N–H and O–H groups in total. The van der Waals surface area contributed by atoms with Crippen LogP contribution in [0.1, 0.15) is 80.5 Å². The zero-order chi connectivity index (χ0) is 23.8. The lowest BCUT2D eigenvalue weighted by Gasteiger charge is -2.39. The van der Waals surface area contributed by atoms with Gasteiger partial charge in [-0.05, 0) is 56.1 Å². The first-order valence-electron chi connectivity index (χ1n) is 12.6. The number of carbonyl (C=O) groups is 1. The van der Waals surface area contributed by atoms with Gasteiger partial charge in [-0.1, -0.05) is 13.8 Å². The lowest BCUT2D eigenvalue weighted by atomic mass is 9.89. The van der Waals surface area contributed by atoms with Gasteiger partial charge in [-0.25, -0.2) is 0 Å². The second-order valence-corrected chi connectivity index (χ2v) is 10.2. The van der Waals surface area contributed by atoms with E-state index in [9.17, 15) is 15.0 Å². The van der Waals surface area contributed by atoms with Gasteiger partial charge in [0.1, 0.15) is 11.5 Å². The monoisotopic (exact) mass is 469 g/mol. The molecule has 1 amide bonds. The lowest BCUT2D eigenvalue weighted by molar-refractivity contribution is 0.00541. The van der Waals surface area contributed by atoms with Gasteiger partial charge in [-0.15, -0.1) is 10.2 Å². The highest BCUT2D eigenvalue weighted by Crippen LogP contribution is 2.40. The second-order valence-electron chi connectivity index (χ2n) is 10.2. The summed E-state index contributed by atoms with van der Waals surface area (Å²) in [5.74, 6) is 0.633. The topological polar surface area (TPSA) is 113 Å². The molecule has 5 rings (SSSR count). The normalized spacial score (nSPS) is 23.9. The summed E-state index contributed by atoms with van der Waals surface area (Å²) in [6, 6.07) is 3.95. The smallest absolute Gasteiger partial charge is 0.289 e. The number of carbonyl (C=O) groups excluding carboxylic acids is 1.